The van der Waals surface area contributed by atoms with Gasteiger partial charge in [-0.3, -0.25) is 0 Å². The van der Waals surface area contributed by atoms with Gasteiger partial charge in [0.25, 0.3) is 0 Å². The number of nitrogens with zero attached hydrogens (tertiary/aromatic N) is 14. The lowest BCUT2D eigenvalue weighted by Crippen LogP contribution is -1.97. The quantitative estimate of drug-likeness (QED) is 0.0938. The van der Waals surface area contributed by atoms with Gasteiger partial charge in [0.2, 0.25) is 0 Å². The summed E-state index contributed by atoms with van der Waals surface area (Å²) in [6, 6.07) is 83.1. The summed E-state index contributed by atoms with van der Waals surface area (Å²) < 4.78 is 140. The Morgan fingerprint density at radius 2 is 0.347 bits per heavy atom. The molecule has 0 aliphatic heterocycles. The number of rotatable bonds is 14. The van der Waals surface area contributed by atoms with E-state index in [-0.39, 0.29) is 45.3 Å². The number of aromatic nitrogens is 14. The third-order valence-electron chi connectivity index (χ3n) is 24.0. The van der Waals surface area contributed by atoms with Crippen molar-refractivity contribution in [3.63, 3.8) is 0 Å². The van der Waals surface area contributed by atoms with Crippen molar-refractivity contribution in [1.82, 2.24) is 69.8 Å². The lowest BCUT2D eigenvalue weighted by atomic mass is 10.0. The molecule has 7 aromatic heterocycles. The summed E-state index contributed by atoms with van der Waals surface area (Å²) in [5.41, 5.74) is 26.3. The molecule has 21 aromatic rings. The zero-order chi connectivity index (χ0) is 106. The van der Waals surface area contributed by atoms with E-state index in [1.165, 1.54) is 60.0 Å². The predicted octanol–water partition coefficient (Wildman–Crippen LogP) is 32.4. The Balaban J connectivity index is 0.000000131. The minimum absolute atomic E-state index is 0.0316. The van der Waals surface area contributed by atoms with Crippen molar-refractivity contribution in [2.45, 2.75) is 96.9 Å². The maximum absolute atomic E-state index is 14.4. The van der Waals surface area contributed by atoms with Crippen molar-refractivity contribution >= 4 is 0 Å². The standard InChI is InChI=1S/4C18H14F2N2.2C18H15FN2.C18H16N2/c1-11-9-21-18(22-10-11)14-6-4-13(5-7-14)15-8-3-12(2)16(19)17(15)20;1-11-9-21-18(22-10-11)14-5-3-13(4-6-14)15-7-16(19)12(2)17(20)8-15;1-11-3-5-13(6-4-11)17-15(19)7-14(8-16(17)20)18-21-9-12(2)10-22-18;1-11-3-5-13(6-4-11)14-7-8-15(17(20)16(14)19)18-21-9-12(2)10-22-18;1-12-3-5-14(6-4-12)16-8-7-15(9-17(16)19)18-20-10-13(2)11-21-18;1-12-10-20-18(21-11-12)15-7-5-14(6-8-15)16-4-3-13(2)17(19)9-16;1-13-3-5-15(6-4-13)16-7-9-17(10-8-16)18-19-11-14(2)12-20-18/h4*3-10H,1-2H3;2*3-11H,1-2H3;3-12H,1-2H3. The maximum Gasteiger partial charge on any atom is 0.170 e. The van der Waals surface area contributed by atoms with Crippen molar-refractivity contribution in [1.29, 1.82) is 0 Å². The molecular formula is C126H102F10N14. The Morgan fingerprint density at radius 3 is 0.693 bits per heavy atom. The van der Waals surface area contributed by atoms with Gasteiger partial charge in [-0.1, -0.05) is 259 Å². The molecule has 7 heterocycles. The van der Waals surface area contributed by atoms with Crippen LogP contribution in [0, 0.1) is 155 Å². The van der Waals surface area contributed by atoms with Crippen LogP contribution in [0.15, 0.2) is 366 Å². The Hall–Kier alpha value is -18.1. The topological polar surface area (TPSA) is 180 Å². The van der Waals surface area contributed by atoms with Crippen LogP contribution in [-0.4, -0.2) is 69.8 Å². The minimum atomic E-state index is -0.929. The molecular weight excluding hydrogens is 1900 g/mol. The van der Waals surface area contributed by atoms with E-state index >= 15 is 0 Å². The zero-order valence-electron chi connectivity index (χ0n) is 84.7. The highest BCUT2D eigenvalue weighted by Gasteiger charge is 2.22. The Labute approximate surface area is 864 Å². The smallest absolute Gasteiger partial charge is 0.170 e. The monoisotopic (exact) mass is 2000 g/mol. The molecule has 24 heteroatoms. The molecule has 14 aromatic carbocycles. The van der Waals surface area contributed by atoms with E-state index in [0.717, 1.165) is 106 Å². The lowest BCUT2D eigenvalue weighted by molar-refractivity contribution is 0.505. The fraction of sp³-hybridized carbons (Fsp3) is 0.111. The lowest BCUT2D eigenvalue weighted by Gasteiger charge is -2.08. The van der Waals surface area contributed by atoms with E-state index in [9.17, 15) is 43.9 Å². The van der Waals surface area contributed by atoms with Gasteiger partial charge in [0, 0.05) is 142 Å². The van der Waals surface area contributed by atoms with Crippen molar-refractivity contribution in [2.75, 3.05) is 0 Å². The average molecular weight is 2000 g/mol. The summed E-state index contributed by atoms with van der Waals surface area (Å²) in [4.78, 5) is 59.1. The highest BCUT2D eigenvalue weighted by atomic mass is 19.2. The first-order valence-electron chi connectivity index (χ1n) is 47.9. The van der Waals surface area contributed by atoms with Crippen LogP contribution in [0.2, 0.25) is 0 Å². The molecule has 0 aliphatic carbocycles. The van der Waals surface area contributed by atoms with E-state index in [1.807, 2.05) is 191 Å². The summed E-state index contributed by atoms with van der Waals surface area (Å²) in [5, 5.41) is 0. The van der Waals surface area contributed by atoms with E-state index in [4.69, 9.17) is 0 Å². The van der Waals surface area contributed by atoms with Crippen LogP contribution >= 0.6 is 0 Å². The van der Waals surface area contributed by atoms with Crippen molar-refractivity contribution in [3.8, 4) is 158 Å². The summed E-state index contributed by atoms with van der Waals surface area (Å²) in [5.74, 6) is -2.49. The van der Waals surface area contributed by atoms with Gasteiger partial charge >= 0.3 is 0 Å². The van der Waals surface area contributed by atoms with Crippen molar-refractivity contribution < 1.29 is 43.9 Å². The maximum atomic E-state index is 14.4. The second-order valence-corrected chi connectivity index (χ2v) is 36.2. The molecule has 21 rings (SSSR count). The van der Waals surface area contributed by atoms with E-state index < -0.39 is 46.5 Å². The highest BCUT2D eigenvalue weighted by Crippen LogP contribution is 2.37. The number of benzene rings is 14. The van der Waals surface area contributed by atoms with Gasteiger partial charge in [-0.2, -0.15) is 0 Å². The summed E-state index contributed by atoms with van der Waals surface area (Å²) >= 11 is 0. The summed E-state index contributed by atoms with van der Waals surface area (Å²) in [7, 11) is 0. The van der Waals surface area contributed by atoms with Crippen LogP contribution in [0.25, 0.3) is 158 Å². The number of aryl methyl sites for hydroxylation is 13. The van der Waals surface area contributed by atoms with E-state index in [2.05, 4.69) is 125 Å². The Kier molecular flexibility index (Phi) is 34.9. The molecule has 0 amide bonds. The van der Waals surface area contributed by atoms with Crippen LogP contribution in [-0.2, 0) is 0 Å². The zero-order valence-corrected chi connectivity index (χ0v) is 84.7. The van der Waals surface area contributed by atoms with Crippen molar-refractivity contribution in [3.05, 3.63) is 502 Å². The van der Waals surface area contributed by atoms with Gasteiger partial charge in [-0.25, -0.2) is 114 Å². The van der Waals surface area contributed by atoms with Crippen LogP contribution in [0.3, 0.4) is 0 Å². The molecule has 150 heavy (non-hydrogen) atoms. The van der Waals surface area contributed by atoms with E-state index in [1.54, 1.807) is 173 Å². The van der Waals surface area contributed by atoms with Gasteiger partial charge in [0.1, 0.15) is 34.9 Å². The second kappa shape index (κ2) is 49.2. The fourth-order valence-corrected chi connectivity index (χ4v) is 15.2. The SMILES string of the molecule is Cc1ccc(-c2c(F)cc(-c3ncc(C)cn3)cc2F)cc1.Cc1ccc(-c2ccc(-c3ncc(C)cn3)c(F)c2F)cc1.Cc1ccc(-c2ccc(-c3ncc(C)cn3)cc2)cc1.Cc1ccc(-c2ccc(-c3ncc(C)cn3)cc2F)cc1.Cc1cnc(-c2ccc(-c3cc(F)c(C)c(F)c3)cc2)nc1.Cc1cnc(-c2ccc(-c3ccc(C)c(F)c3)cc2)nc1.Cc1cnc(-c2ccc(-c3ccc(C)c(F)c3F)cc2)nc1. The molecule has 0 saturated heterocycles. The molecule has 0 radical (unpaired) electrons. The molecule has 0 atom stereocenters. The molecule has 14 nitrogen and oxygen atoms in total. The fourth-order valence-electron chi connectivity index (χ4n) is 15.2. The number of hydrogen-bond acceptors (Lipinski definition) is 14. The van der Waals surface area contributed by atoms with Gasteiger partial charge in [0.05, 0.1) is 11.1 Å². The van der Waals surface area contributed by atoms with Crippen LogP contribution in [0.5, 0.6) is 0 Å². The number of hydrogen-bond donors (Lipinski definition) is 0. The second-order valence-electron chi connectivity index (χ2n) is 36.2. The first-order valence-corrected chi connectivity index (χ1v) is 47.9. The normalized spacial score (nSPS) is 10.7. The Bertz CT molecular complexity index is 8010. The van der Waals surface area contributed by atoms with Crippen LogP contribution in [0.1, 0.15) is 77.9 Å². The van der Waals surface area contributed by atoms with Crippen LogP contribution in [0.4, 0.5) is 43.9 Å². The Morgan fingerprint density at radius 1 is 0.133 bits per heavy atom. The van der Waals surface area contributed by atoms with Gasteiger partial charge in [0.15, 0.2) is 64.0 Å². The molecule has 746 valence electrons. The molecule has 0 fully saturated rings. The molecule has 0 aliphatic rings. The first kappa shape index (κ1) is 106. The van der Waals surface area contributed by atoms with E-state index in [0.29, 0.717) is 79.2 Å². The number of halogens is 10. The third-order valence-corrected chi connectivity index (χ3v) is 24.0. The first-order chi connectivity index (χ1) is 72.2. The van der Waals surface area contributed by atoms with Crippen LogP contribution < -0.4 is 0 Å². The van der Waals surface area contributed by atoms with Gasteiger partial charge in [-0.15, -0.1) is 0 Å². The molecule has 0 bridgehead atoms. The largest absolute Gasteiger partial charge is 0.236 e. The summed E-state index contributed by atoms with van der Waals surface area (Å²) in [6.45, 7) is 26.1. The molecule has 0 saturated carbocycles. The molecule has 0 N–H and O–H groups in total. The molecule has 0 unspecified atom stereocenters. The molecule has 0 spiro atoms. The predicted molar refractivity (Wildman–Crippen MR) is 576 cm³/mol. The van der Waals surface area contributed by atoms with Crippen molar-refractivity contribution in [2.24, 2.45) is 0 Å². The average Bonchev–Trinajstić information content (AvgIpc) is 0.785. The third kappa shape index (κ3) is 27.6. The minimum Gasteiger partial charge on any atom is -0.236 e. The van der Waals surface area contributed by atoms with Gasteiger partial charge in [-0.05, 0) is 245 Å². The van der Waals surface area contributed by atoms with Gasteiger partial charge < -0.3 is 0 Å². The highest BCUT2D eigenvalue weighted by molar-refractivity contribution is 5.76. The summed E-state index contributed by atoms with van der Waals surface area (Å²) in [6.07, 6.45) is 24.1.